The minimum absolute atomic E-state index is 0. The largest absolute Gasteiger partial charge is 1.00 e. The van der Waals surface area contributed by atoms with Crippen LogP contribution in [0.15, 0.2) is 42.6 Å². The van der Waals surface area contributed by atoms with Gasteiger partial charge in [0.25, 0.3) is 0 Å². The standard InChI is InChI=1S/C37H68N5O.2ClH/c1-3-5-7-9-11-13-15-17-19-21-23-25-27-39-29-31-41(35-39)33-37(38-43)34-42-32-30-40(36-42)28-26-24-22-20-18-16-14-12-10-8-6-4-2;;/h29-32,35-36H,3-28,33-34H2,1-2H3;2*1H/q+1;;/p-1. The zero-order valence-electron chi connectivity index (χ0n) is 29.2. The van der Waals surface area contributed by atoms with E-state index in [4.69, 9.17) is 0 Å². The van der Waals surface area contributed by atoms with Crippen molar-refractivity contribution in [2.24, 2.45) is 5.16 Å². The average molecular weight is 671 g/mol. The van der Waals surface area contributed by atoms with Crippen LogP contribution in [0.4, 0.5) is 0 Å². The third-order valence-corrected chi connectivity index (χ3v) is 8.90. The predicted octanol–water partition coefficient (Wildman–Crippen LogP) is 3.81. The van der Waals surface area contributed by atoms with Gasteiger partial charge in [-0.05, 0) is 25.7 Å². The van der Waals surface area contributed by atoms with Crippen molar-refractivity contribution in [2.45, 2.75) is 194 Å². The van der Waals surface area contributed by atoms with E-state index in [1.807, 2.05) is 0 Å². The Morgan fingerprint density at radius 1 is 0.489 bits per heavy atom. The Labute approximate surface area is 289 Å². The molecule has 0 aliphatic heterocycles. The topological polar surface area (TPSA) is 50.2 Å². The Balaban J connectivity index is 0.00000968. The van der Waals surface area contributed by atoms with Crippen molar-refractivity contribution in [3.05, 3.63) is 37.4 Å². The molecule has 0 aliphatic carbocycles. The van der Waals surface area contributed by atoms with Crippen molar-refractivity contribution in [1.29, 1.82) is 0 Å². The van der Waals surface area contributed by atoms with E-state index in [9.17, 15) is 5.21 Å². The summed E-state index contributed by atoms with van der Waals surface area (Å²) < 4.78 is 8.78. The van der Waals surface area contributed by atoms with Gasteiger partial charge in [-0.15, -0.1) is 0 Å². The molecule has 2 aromatic heterocycles. The molecule has 6 nitrogen and oxygen atoms in total. The molecule has 0 aliphatic rings. The van der Waals surface area contributed by atoms with Crippen molar-refractivity contribution in [1.82, 2.24) is 9.13 Å². The molecule has 0 atom stereocenters. The van der Waals surface area contributed by atoms with Crippen LogP contribution in [0.2, 0.25) is 0 Å². The number of unbranched alkanes of at least 4 members (excludes halogenated alkanes) is 22. The Bertz CT molecular complexity index is 859. The number of aryl methyl sites for hydroxylation is 2. The molecule has 2 aromatic rings. The summed E-state index contributed by atoms with van der Waals surface area (Å²) in [7, 11) is 0. The molecule has 0 radical (unpaired) electrons. The summed E-state index contributed by atoms with van der Waals surface area (Å²) in [5.74, 6) is 0. The average Bonchev–Trinajstić information content (AvgIpc) is 3.67. The summed E-state index contributed by atoms with van der Waals surface area (Å²) >= 11 is 0. The maximum atomic E-state index is 9.66. The van der Waals surface area contributed by atoms with Gasteiger partial charge in [0.05, 0.1) is 13.1 Å². The quantitative estimate of drug-likeness (QED) is 0.0445. The Morgan fingerprint density at radius 2 is 0.778 bits per heavy atom. The normalized spacial score (nSPS) is 10.9. The maximum Gasteiger partial charge on any atom is 0.244 e. The van der Waals surface area contributed by atoms with E-state index in [2.05, 4.69) is 74.7 Å². The highest BCUT2D eigenvalue weighted by molar-refractivity contribution is 5.81. The van der Waals surface area contributed by atoms with Gasteiger partial charge in [-0.2, -0.15) is 0 Å². The van der Waals surface area contributed by atoms with Gasteiger partial charge in [0.15, 0.2) is 0 Å². The van der Waals surface area contributed by atoms with Crippen molar-refractivity contribution >= 4 is 5.71 Å². The van der Waals surface area contributed by atoms with Crippen LogP contribution in [0.25, 0.3) is 0 Å². The van der Waals surface area contributed by atoms with E-state index in [-0.39, 0.29) is 24.8 Å². The summed E-state index contributed by atoms with van der Waals surface area (Å²) in [6.07, 6.45) is 45.9. The number of hydrogen-bond acceptors (Lipinski definition) is 2. The van der Waals surface area contributed by atoms with Gasteiger partial charge >= 0.3 is 0 Å². The summed E-state index contributed by atoms with van der Waals surface area (Å²) in [6, 6.07) is 0. The number of rotatable bonds is 30. The summed E-state index contributed by atoms with van der Waals surface area (Å²) in [5, 5.41) is 13.3. The molecule has 0 spiro atoms. The van der Waals surface area contributed by atoms with E-state index >= 15 is 0 Å². The molecule has 2 rings (SSSR count). The molecule has 0 bridgehead atoms. The number of aromatic nitrogens is 4. The highest BCUT2D eigenvalue weighted by Crippen LogP contribution is 2.13. The number of imidazole rings is 2. The van der Waals surface area contributed by atoms with Crippen LogP contribution in [0, 0.1) is 0 Å². The Hall–Kier alpha value is -1.53. The smallest absolute Gasteiger partial charge is 0.244 e. The first-order valence-electron chi connectivity index (χ1n) is 18.5. The zero-order valence-corrected chi connectivity index (χ0v) is 30.7. The maximum absolute atomic E-state index is 9.66. The monoisotopic (exact) mass is 669 g/mol. The third-order valence-electron chi connectivity index (χ3n) is 8.90. The molecule has 0 saturated heterocycles. The lowest BCUT2D eigenvalue weighted by Crippen LogP contribution is -3.00. The fourth-order valence-corrected chi connectivity index (χ4v) is 6.13. The summed E-state index contributed by atoms with van der Waals surface area (Å²) in [4.78, 5) is 0. The highest BCUT2D eigenvalue weighted by Gasteiger charge is 2.13. The molecule has 2 heterocycles. The molecule has 1 N–H and O–H groups in total. The van der Waals surface area contributed by atoms with Crippen molar-refractivity contribution in [3.63, 3.8) is 0 Å². The second-order valence-corrected chi connectivity index (χ2v) is 13.1. The van der Waals surface area contributed by atoms with Crippen LogP contribution in [0.3, 0.4) is 0 Å². The van der Waals surface area contributed by atoms with E-state index in [1.54, 1.807) is 0 Å². The molecule has 8 heteroatoms. The Morgan fingerprint density at radius 3 is 1.07 bits per heavy atom. The van der Waals surface area contributed by atoms with Crippen LogP contribution < -0.4 is 33.9 Å². The van der Waals surface area contributed by atoms with Crippen LogP contribution in [0.1, 0.15) is 168 Å². The van der Waals surface area contributed by atoms with Crippen molar-refractivity contribution in [2.75, 3.05) is 0 Å². The van der Waals surface area contributed by atoms with E-state index in [0.29, 0.717) is 13.1 Å². The minimum atomic E-state index is 0. The van der Waals surface area contributed by atoms with Gasteiger partial charge in [-0.3, -0.25) is 0 Å². The van der Waals surface area contributed by atoms with Gasteiger partial charge in [0.1, 0.15) is 43.6 Å². The molecule has 0 fully saturated rings. The number of halogens is 2. The molecular formula is C37H69Cl2N5O. The van der Waals surface area contributed by atoms with Gasteiger partial charge in [0, 0.05) is 0 Å². The van der Waals surface area contributed by atoms with Crippen LogP contribution in [-0.2, 0) is 26.2 Å². The minimum Gasteiger partial charge on any atom is -1.00 e. The van der Waals surface area contributed by atoms with Crippen LogP contribution >= 0.6 is 0 Å². The second-order valence-electron chi connectivity index (χ2n) is 13.1. The fourth-order valence-electron chi connectivity index (χ4n) is 6.13. The summed E-state index contributed by atoms with van der Waals surface area (Å²) in [6.45, 7) is 7.92. The van der Waals surface area contributed by atoms with Crippen molar-refractivity contribution in [3.8, 4) is 0 Å². The lowest BCUT2D eigenvalue weighted by Gasteiger charge is -2.02. The molecule has 0 unspecified atom stereocenters. The zero-order chi connectivity index (χ0) is 30.6. The third kappa shape index (κ3) is 23.4. The van der Waals surface area contributed by atoms with E-state index in [1.165, 1.54) is 154 Å². The van der Waals surface area contributed by atoms with Gasteiger partial charge in [-0.1, -0.05) is 147 Å². The Kier molecular flexibility index (Phi) is 30.0. The van der Waals surface area contributed by atoms with Crippen LogP contribution in [-0.4, -0.2) is 20.1 Å². The van der Waals surface area contributed by atoms with E-state index < -0.39 is 0 Å². The van der Waals surface area contributed by atoms with Crippen molar-refractivity contribution < 1.29 is 39.2 Å². The predicted molar refractivity (Wildman–Crippen MR) is 181 cm³/mol. The SMILES string of the molecule is CCCCCCCCCCCCCCn1cc[n+](CC(C[n+]2ccn(CCCCCCCCCCCCCC)c2)=NO)c1.[Cl-].[Cl-]. The van der Waals surface area contributed by atoms with Gasteiger partial charge < -0.3 is 30.0 Å². The van der Waals surface area contributed by atoms with Gasteiger partial charge in [-0.25, -0.2) is 18.3 Å². The first-order chi connectivity index (χ1) is 21.2. The molecule has 0 amide bonds. The molecular weight excluding hydrogens is 601 g/mol. The number of oxime groups is 1. The van der Waals surface area contributed by atoms with Crippen LogP contribution in [0.5, 0.6) is 0 Å². The number of nitrogens with zero attached hydrogens (tertiary/aromatic N) is 5. The lowest BCUT2D eigenvalue weighted by atomic mass is 10.1. The molecule has 0 aromatic carbocycles. The molecule has 262 valence electrons. The van der Waals surface area contributed by atoms with E-state index in [0.717, 1.165) is 18.8 Å². The lowest BCUT2D eigenvalue weighted by molar-refractivity contribution is -0.698. The van der Waals surface area contributed by atoms with Gasteiger partial charge in [0.2, 0.25) is 12.7 Å². The fraction of sp³-hybridized carbons (Fsp3) is 0.811. The first-order valence-corrected chi connectivity index (χ1v) is 18.5. The first kappa shape index (κ1) is 43.5. The summed E-state index contributed by atoms with van der Waals surface area (Å²) in [5.41, 5.74) is 0.765. The highest BCUT2D eigenvalue weighted by atomic mass is 35.5. The second kappa shape index (κ2) is 31.1. The molecule has 0 saturated carbocycles. The molecule has 45 heavy (non-hydrogen) atoms. The number of hydrogen-bond donors (Lipinski definition) is 1.